The second-order valence-electron chi connectivity index (χ2n) is 5.07. The largest absolute Gasteiger partial charge is 0.495 e. The molecule has 1 N–H and O–H groups in total. The molecule has 0 bridgehead atoms. The first-order valence-corrected chi connectivity index (χ1v) is 8.24. The predicted molar refractivity (Wildman–Crippen MR) is 76.1 cm³/mol. The van der Waals surface area contributed by atoms with Crippen molar-refractivity contribution < 1.29 is 18.3 Å². The van der Waals surface area contributed by atoms with Gasteiger partial charge in [-0.05, 0) is 30.0 Å². The van der Waals surface area contributed by atoms with E-state index in [0.29, 0.717) is 30.3 Å². The average Bonchev–Trinajstić information content (AvgIpc) is 2.96. The van der Waals surface area contributed by atoms with Crippen LogP contribution in [0.3, 0.4) is 0 Å². The van der Waals surface area contributed by atoms with E-state index >= 15 is 0 Å². The number of nitrogens with zero attached hydrogens (tertiary/aromatic N) is 1. The lowest BCUT2D eigenvalue weighted by Crippen LogP contribution is -2.29. The molecule has 0 aromatic heterocycles. The van der Waals surface area contributed by atoms with E-state index in [1.165, 1.54) is 17.5 Å². The Morgan fingerprint density at radius 1 is 1.45 bits per heavy atom. The van der Waals surface area contributed by atoms with Crippen LogP contribution in [-0.2, 0) is 16.6 Å². The Kier molecular flexibility index (Phi) is 4.67. The molecule has 0 aliphatic carbocycles. The molecule has 1 atom stereocenters. The summed E-state index contributed by atoms with van der Waals surface area (Å²) in [6.07, 6.45) is 1.89. The summed E-state index contributed by atoms with van der Waals surface area (Å²) < 4.78 is 32.1. The molecule has 1 aromatic carbocycles. The summed E-state index contributed by atoms with van der Waals surface area (Å²) in [5.41, 5.74) is 0.565. The van der Waals surface area contributed by atoms with Crippen LogP contribution in [0.15, 0.2) is 23.1 Å². The van der Waals surface area contributed by atoms with Crippen molar-refractivity contribution >= 4 is 10.0 Å². The minimum Gasteiger partial charge on any atom is -0.495 e. The fourth-order valence-electron chi connectivity index (χ4n) is 2.51. The third-order valence-electron chi connectivity index (χ3n) is 3.85. The normalized spacial score (nSPS) is 20.2. The van der Waals surface area contributed by atoms with Crippen LogP contribution in [0.5, 0.6) is 5.75 Å². The number of aliphatic hydroxyl groups excluding tert-OH is 1. The summed E-state index contributed by atoms with van der Waals surface area (Å²) in [4.78, 5) is 0.142. The minimum absolute atomic E-state index is 0.142. The van der Waals surface area contributed by atoms with Gasteiger partial charge in [0.05, 0.1) is 13.7 Å². The molecule has 1 heterocycles. The highest BCUT2D eigenvalue weighted by Crippen LogP contribution is 2.31. The van der Waals surface area contributed by atoms with E-state index in [1.807, 2.05) is 0 Å². The molecule has 1 fully saturated rings. The monoisotopic (exact) mass is 299 g/mol. The smallest absolute Gasteiger partial charge is 0.246 e. The van der Waals surface area contributed by atoms with Crippen LogP contribution in [0.2, 0.25) is 0 Å². The maximum atomic E-state index is 12.7. The van der Waals surface area contributed by atoms with Crippen molar-refractivity contribution in [3.05, 3.63) is 23.8 Å². The Bertz CT molecular complexity index is 571. The zero-order chi connectivity index (χ0) is 14.8. The fraction of sp³-hybridized carbons (Fsp3) is 0.571. The highest BCUT2D eigenvalue weighted by atomic mass is 32.2. The van der Waals surface area contributed by atoms with Crippen molar-refractivity contribution in [1.29, 1.82) is 0 Å². The number of ether oxygens (including phenoxy) is 1. The van der Waals surface area contributed by atoms with Gasteiger partial charge in [0, 0.05) is 13.1 Å². The van der Waals surface area contributed by atoms with E-state index in [2.05, 4.69) is 6.92 Å². The molecular formula is C14H21NO4S. The van der Waals surface area contributed by atoms with Crippen LogP contribution in [0, 0.1) is 5.92 Å². The topological polar surface area (TPSA) is 66.8 Å². The molecule has 1 aliphatic rings. The lowest BCUT2D eigenvalue weighted by Gasteiger charge is -2.18. The predicted octanol–water partition coefficient (Wildman–Crippen LogP) is 1.61. The first-order chi connectivity index (χ1) is 9.52. The highest BCUT2D eigenvalue weighted by Gasteiger charge is 2.33. The van der Waals surface area contributed by atoms with Gasteiger partial charge in [0.15, 0.2) is 0 Å². The lowest BCUT2D eigenvalue weighted by molar-refractivity contribution is 0.281. The van der Waals surface area contributed by atoms with Crippen LogP contribution in [-0.4, -0.2) is 38.0 Å². The zero-order valence-electron chi connectivity index (χ0n) is 11.9. The van der Waals surface area contributed by atoms with Gasteiger partial charge in [-0.25, -0.2) is 8.42 Å². The van der Waals surface area contributed by atoms with Crippen molar-refractivity contribution in [2.75, 3.05) is 20.2 Å². The molecule has 5 nitrogen and oxygen atoms in total. The van der Waals surface area contributed by atoms with Crippen LogP contribution in [0.4, 0.5) is 0 Å². The maximum absolute atomic E-state index is 12.7. The highest BCUT2D eigenvalue weighted by molar-refractivity contribution is 7.89. The van der Waals surface area contributed by atoms with Crippen LogP contribution < -0.4 is 4.74 Å². The summed E-state index contributed by atoms with van der Waals surface area (Å²) in [7, 11) is -2.11. The molecule has 0 spiro atoms. The van der Waals surface area contributed by atoms with Crippen molar-refractivity contribution in [1.82, 2.24) is 4.31 Å². The zero-order valence-corrected chi connectivity index (χ0v) is 12.7. The molecule has 1 saturated heterocycles. The van der Waals surface area contributed by atoms with Gasteiger partial charge in [0.1, 0.15) is 10.6 Å². The van der Waals surface area contributed by atoms with E-state index < -0.39 is 10.0 Å². The summed E-state index contributed by atoms with van der Waals surface area (Å²) in [6.45, 7) is 3.00. The minimum atomic E-state index is -3.56. The van der Waals surface area contributed by atoms with Gasteiger partial charge < -0.3 is 9.84 Å². The molecule has 2 rings (SSSR count). The SMILES string of the molecule is CCC1CCN(S(=O)(=O)c2cc(CO)ccc2OC)C1. The summed E-state index contributed by atoms with van der Waals surface area (Å²) in [5.74, 6) is 0.749. The van der Waals surface area contributed by atoms with Gasteiger partial charge in [-0.2, -0.15) is 4.31 Å². The first kappa shape index (κ1) is 15.3. The number of rotatable bonds is 5. The van der Waals surface area contributed by atoms with Gasteiger partial charge in [-0.1, -0.05) is 19.4 Å². The molecular weight excluding hydrogens is 278 g/mol. The van der Waals surface area contributed by atoms with Gasteiger partial charge in [0.25, 0.3) is 0 Å². The average molecular weight is 299 g/mol. The Morgan fingerprint density at radius 2 is 2.20 bits per heavy atom. The number of hydrogen-bond acceptors (Lipinski definition) is 4. The summed E-state index contributed by atoms with van der Waals surface area (Å²) in [5, 5.41) is 9.19. The standard InChI is InChI=1S/C14H21NO4S/c1-3-11-6-7-15(9-11)20(17,18)14-8-12(10-16)4-5-13(14)19-2/h4-5,8,11,16H,3,6-7,9-10H2,1-2H3. The van der Waals surface area contributed by atoms with Crippen molar-refractivity contribution in [2.24, 2.45) is 5.92 Å². The molecule has 0 saturated carbocycles. The second-order valence-corrected chi connectivity index (χ2v) is 6.98. The fourth-order valence-corrected chi connectivity index (χ4v) is 4.25. The van der Waals surface area contributed by atoms with Crippen LogP contribution in [0.1, 0.15) is 25.3 Å². The van der Waals surface area contributed by atoms with Gasteiger partial charge in [-0.3, -0.25) is 0 Å². The van der Waals surface area contributed by atoms with Crippen molar-refractivity contribution in [2.45, 2.75) is 31.3 Å². The van der Waals surface area contributed by atoms with E-state index in [1.54, 1.807) is 12.1 Å². The third kappa shape index (κ3) is 2.82. The molecule has 1 aromatic rings. The van der Waals surface area contributed by atoms with Gasteiger partial charge in [-0.15, -0.1) is 0 Å². The Morgan fingerprint density at radius 3 is 2.75 bits per heavy atom. The third-order valence-corrected chi connectivity index (χ3v) is 5.74. The number of sulfonamides is 1. The van der Waals surface area contributed by atoms with Gasteiger partial charge >= 0.3 is 0 Å². The lowest BCUT2D eigenvalue weighted by atomic mass is 10.1. The quantitative estimate of drug-likeness (QED) is 0.897. The maximum Gasteiger partial charge on any atom is 0.246 e. The summed E-state index contributed by atoms with van der Waals surface area (Å²) >= 11 is 0. The van der Waals surface area contributed by atoms with E-state index in [9.17, 15) is 13.5 Å². The van der Waals surface area contributed by atoms with Crippen LogP contribution >= 0.6 is 0 Å². The Hall–Kier alpha value is -1.11. The molecule has 0 amide bonds. The van der Waals surface area contributed by atoms with E-state index in [4.69, 9.17) is 4.74 Å². The Labute approximate surface area is 120 Å². The molecule has 1 unspecified atom stereocenters. The number of aliphatic hydroxyl groups is 1. The number of benzene rings is 1. The molecule has 0 radical (unpaired) electrons. The van der Waals surface area contributed by atoms with E-state index in [0.717, 1.165) is 12.8 Å². The molecule has 20 heavy (non-hydrogen) atoms. The molecule has 1 aliphatic heterocycles. The number of hydrogen-bond donors (Lipinski definition) is 1. The molecule has 112 valence electrons. The Balaban J connectivity index is 2.38. The second kappa shape index (κ2) is 6.11. The van der Waals surface area contributed by atoms with Crippen molar-refractivity contribution in [3.63, 3.8) is 0 Å². The first-order valence-electron chi connectivity index (χ1n) is 6.80. The molecule has 6 heteroatoms. The van der Waals surface area contributed by atoms with Gasteiger partial charge in [0.2, 0.25) is 10.0 Å². The van der Waals surface area contributed by atoms with Crippen molar-refractivity contribution in [3.8, 4) is 5.75 Å². The van der Waals surface area contributed by atoms with E-state index in [-0.39, 0.29) is 11.5 Å². The van der Waals surface area contributed by atoms with Crippen LogP contribution in [0.25, 0.3) is 0 Å². The summed E-state index contributed by atoms with van der Waals surface area (Å²) in [6, 6.07) is 4.75. The number of methoxy groups -OCH3 is 1.